The van der Waals surface area contributed by atoms with E-state index in [1.54, 1.807) is 17.5 Å². The molecule has 0 saturated carbocycles. The topological polar surface area (TPSA) is 68.0 Å². The van der Waals surface area contributed by atoms with E-state index in [2.05, 4.69) is 17.2 Å². The number of rotatable bonds is 6. The third-order valence-corrected chi connectivity index (χ3v) is 4.10. The van der Waals surface area contributed by atoms with Gasteiger partial charge in [0.2, 0.25) is 0 Å². The average Bonchev–Trinajstić information content (AvgIpc) is 3.00. The Balaban J connectivity index is 1.88. The van der Waals surface area contributed by atoms with Crippen molar-refractivity contribution in [2.75, 3.05) is 13.1 Å². The van der Waals surface area contributed by atoms with Crippen LogP contribution in [-0.4, -0.2) is 24.0 Å². The molecule has 2 rings (SSSR count). The minimum atomic E-state index is -0.0484. The Morgan fingerprint density at radius 2 is 2.15 bits per heavy atom. The lowest BCUT2D eigenvalue weighted by Gasteiger charge is -2.10. The summed E-state index contributed by atoms with van der Waals surface area (Å²) in [6.07, 6.45) is 2.62. The molecule has 0 spiro atoms. The summed E-state index contributed by atoms with van der Waals surface area (Å²) in [6, 6.07) is 7.58. The highest BCUT2D eigenvalue weighted by Crippen LogP contribution is 2.16. The summed E-state index contributed by atoms with van der Waals surface area (Å²) < 4.78 is 0. The summed E-state index contributed by atoms with van der Waals surface area (Å²) >= 11 is 1.61. The molecule has 0 radical (unpaired) electrons. The number of carbonyl (C=O) groups is 1. The number of carbonyl (C=O) groups excluding carboxylic acids is 1. The lowest BCUT2D eigenvalue weighted by molar-refractivity contribution is 0.0951. The number of hydrogen-bond donors (Lipinski definition) is 2. The zero-order valence-electron chi connectivity index (χ0n) is 11.5. The number of amides is 1. The molecule has 106 valence electrons. The van der Waals surface area contributed by atoms with Gasteiger partial charge in [0.15, 0.2) is 0 Å². The van der Waals surface area contributed by atoms with Crippen molar-refractivity contribution in [1.29, 1.82) is 0 Å². The Morgan fingerprint density at radius 1 is 1.40 bits per heavy atom. The van der Waals surface area contributed by atoms with Crippen molar-refractivity contribution < 1.29 is 4.79 Å². The van der Waals surface area contributed by atoms with Crippen LogP contribution in [0.25, 0.3) is 0 Å². The normalized spacial score (nSPS) is 12.1. The molecule has 1 aromatic carbocycles. The van der Waals surface area contributed by atoms with Crippen LogP contribution in [0.15, 0.2) is 35.8 Å². The molecular weight excluding hydrogens is 270 g/mol. The molecule has 4 nitrogen and oxygen atoms in total. The van der Waals surface area contributed by atoms with E-state index in [4.69, 9.17) is 5.73 Å². The van der Waals surface area contributed by atoms with E-state index in [0.29, 0.717) is 18.7 Å². The highest BCUT2D eigenvalue weighted by molar-refractivity contribution is 7.09. The average molecular weight is 289 g/mol. The number of hydrogen-bond acceptors (Lipinski definition) is 4. The Kier molecular flexibility index (Phi) is 5.26. The summed E-state index contributed by atoms with van der Waals surface area (Å²) in [4.78, 5) is 16.3. The van der Waals surface area contributed by atoms with Gasteiger partial charge in [-0.1, -0.05) is 19.1 Å². The fourth-order valence-corrected chi connectivity index (χ4v) is 2.60. The minimum absolute atomic E-state index is 0.0484. The molecule has 1 heterocycles. The van der Waals surface area contributed by atoms with Gasteiger partial charge in [-0.15, -0.1) is 11.3 Å². The van der Waals surface area contributed by atoms with Crippen LogP contribution in [0.3, 0.4) is 0 Å². The Labute approximate surface area is 123 Å². The second-order valence-corrected chi connectivity index (χ2v) is 5.64. The molecule has 0 saturated heterocycles. The molecule has 20 heavy (non-hydrogen) atoms. The molecule has 0 fully saturated rings. The molecule has 0 bridgehead atoms. The van der Waals surface area contributed by atoms with Gasteiger partial charge in [0.1, 0.15) is 0 Å². The third-order valence-electron chi connectivity index (χ3n) is 3.09. The molecule has 0 aliphatic carbocycles. The van der Waals surface area contributed by atoms with Gasteiger partial charge >= 0.3 is 0 Å². The van der Waals surface area contributed by atoms with Gasteiger partial charge in [-0.05, 0) is 30.7 Å². The number of benzene rings is 1. The van der Waals surface area contributed by atoms with Gasteiger partial charge in [0.25, 0.3) is 5.91 Å². The van der Waals surface area contributed by atoms with E-state index in [1.165, 1.54) is 0 Å². The quantitative estimate of drug-likeness (QED) is 0.856. The molecule has 1 atom stereocenters. The number of thiazole rings is 1. The lowest BCUT2D eigenvalue weighted by atomic mass is 10.1. The van der Waals surface area contributed by atoms with Crippen molar-refractivity contribution in [3.63, 3.8) is 0 Å². The first-order chi connectivity index (χ1) is 9.70. The SMILES string of the molecule is CC(CNC(=O)c1ccc(CCN)cc1)c1nccs1. The monoisotopic (exact) mass is 289 g/mol. The molecular formula is C15H19N3OS. The minimum Gasteiger partial charge on any atom is -0.351 e. The largest absolute Gasteiger partial charge is 0.351 e. The molecule has 0 aliphatic rings. The van der Waals surface area contributed by atoms with E-state index < -0.39 is 0 Å². The molecule has 1 aromatic heterocycles. The van der Waals surface area contributed by atoms with Crippen molar-refractivity contribution in [2.24, 2.45) is 5.73 Å². The van der Waals surface area contributed by atoms with Gasteiger partial charge in [0.05, 0.1) is 5.01 Å². The van der Waals surface area contributed by atoms with E-state index >= 15 is 0 Å². The smallest absolute Gasteiger partial charge is 0.251 e. The van der Waals surface area contributed by atoms with E-state index in [9.17, 15) is 4.79 Å². The van der Waals surface area contributed by atoms with Gasteiger partial charge in [-0.25, -0.2) is 4.98 Å². The summed E-state index contributed by atoms with van der Waals surface area (Å²) in [6.45, 7) is 3.28. The number of nitrogens with zero attached hydrogens (tertiary/aromatic N) is 1. The second kappa shape index (κ2) is 7.17. The fourth-order valence-electron chi connectivity index (χ4n) is 1.90. The summed E-state index contributed by atoms with van der Waals surface area (Å²) in [7, 11) is 0. The van der Waals surface area contributed by atoms with Crippen molar-refractivity contribution in [1.82, 2.24) is 10.3 Å². The predicted octanol–water partition coefficient (Wildman–Crippen LogP) is 2.18. The van der Waals surface area contributed by atoms with Crippen LogP contribution in [0, 0.1) is 0 Å². The molecule has 5 heteroatoms. The molecule has 2 aromatic rings. The maximum absolute atomic E-state index is 12.0. The first-order valence-corrected chi connectivity index (χ1v) is 7.55. The first kappa shape index (κ1) is 14.7. The maximum Gasteiger partial charge on any atom is 0.251 e. The Morgan fingerprint density at radius 3 is 2.75 bits per heavy atom. The van der Waals surface area contributed by atoms with Crippen molar-refractivity contribution >= 4 is 17.2 Å². The van der Waals surface area contributed by atoms with Crippen molar-refractivity contribution in [2.45, 2.75) is 19.3 Å². The summed E-state index contributed by atoms with van der Waals surface area (Å²) in [5, 5.41) is 5.93. The standard InChI is InChI=1S/C15H19N3OS/c1-11(15-17-8-9-20-15)10-18-14(19)13-4-2-12(3-5-13)6-7-16/h2-5,8-9,11H,6-7,10,16H2,1H3,(H,18,19). The van der Waals surface area contributed by atoms with Crippen LogP contribution in [0.1, 0.15) is 33.8 Å². The van der Waals surface area contributed by atoms with Crippen LogP contribution in [0.2, 0.25) is 0 Å². The van der Waals surface area contributed by atoms with Crippen LogP contribution >= 0.6 is 11.3 Å². The van der Waals surface area contributed by atoms with Crippen LogP contribution in [0.5, 0.6) is 0 Å². The van der Waals surface area contributed by atoms with Crippen LogP contribution < -0.4 is 11.1 Å². The number of nitrogens with one attached hydrogen (secondary N) is 1. The van der Waals surface area contributed by atoms with Crippen molar-refractivity contribution in [3.8, 4) is 0 Å². The predicted molar refractivity (Wildman–Crippen MR) is 82.1 cm³/mol. The van der Waals surface area contributed by atoms with Crippen LogP contribution in [0.4, 0.5) is 0 Å². The van der Waals surface area contributed by atoms with Crippen molar-refractivity contribution in [3.05, 3.63) is 52.0 Å². The molecule has 3 N–H and O–H groups in total. The zero-order valence-corrected chi connectivity index (χ0v) is 12.3. The Hall–Kier alpha value is -1.72. The highest BCUT2D eigenvalue weighted by Gasteiger charge is 2.11. The first-order valence-electron chi connectivity index (χ1n) is 6.67. The number of nitrogens with two attached hydrogens (primary N) is 1. The molecule has 0 aliphatic heterocycles. The number of aromatic nitrogens is 1. The molecule has 1 unspecified atom stereocenters. The van der Waals surface area contributed by atoms with E-state index in [0.717, 1.165) is 17.0 Å². The highest BCUT2D eigenvalue weighted by atomic mass is 32.1. The van der Waals surface area contributed by atoms with E-state index in [1.807, 2.05) is 29.6 Å². The van der Waals surface area contributed by atoms with Crippen LogP contribution in [-0.2, 0) is 6.42 Å². The van der Waals surface area contributed by atoms with Gasteiger partial charge < -0.3 is 11.1 Å². The molecule has 1 amide bonds. The van der Waals surface area contributed by atoms with Gasteiger partial charge in [-0.2, -0.15) is 0 Å². The fraction of sp³-hybridized carbons (Fsp3) is 0.333. The Bertz CT molecular complexity index is 537. The van der Waals surface area contributed by atoms with Gasteiger partial charge in [-0.3, -0.25) is 4.79 Å². The lowest BCUT2D eigenvalue weighted by Crippen LogP contribution is -2.27. The second-order valence-electron chi connectivity index (χ2n) is 4.72. The zero-order chi connectivity index (χ0) is 14.4. The third kappa shape index (κ3) is 3.88. The summed E-state index contributed by atoms with van der Waals surface area (Å²) in [5.74, 6) is 0.183. The summed E-state index contributed by atoms with van der Waals surface area (Å²) in [5.41, 5.74) is 7.33. The van der Waals surface area contributed by atoms with Gasteiger partial charge in [0, 0.05) is 29.6 Å². The maximum atomic E-state index is 12.0. The van der Waals surface area contributed by atoms with E-state index in [-0.39, 0.29) is 11.8 Å².